The molecular weight excluding hydrogens is 317 g/mol. The molecule has 1 fully saturated rings. The topological polar surface area (TPSA) is 67.8 Å². The summed E-state index contributed by atoms with van der Waals surface area (Å²) in [5.74, 6) is 0.0712. The lowest BCUT2D eigenvalue weighted by atomic mass is 9.94. The molecule has 0 radical (unpaired) electrons. The van der Waals surface area contributed by atoms with E-state index in [2.05, 4.69) is 5.32 Å². The molecule has 1 aromatic rings. The minimum absolute atomic E-state index is 0.173. The highest BCUT2D eigenvalue weighted by Gasteiger charge is 2.30. The number of halogens is 2. The molecular formula is C14H17Cl2NO4. The molecule has 1 aromatic carbocycles. The predicted octanol–water partition coefficient (Wildman–Crippen LogP) is 2.03. The summed E-state index contributed by atoms with van der Waals surface area (Å²) >= 11 is 11.7. The smallest absolute Gasteiger partial charge is 0.258 e. The van der Waals surface area contributed by atoms with Crippen molar-refractivity contribution in [2.45, 2.75) is 18.4 Å². The van der Waals surface area contributed by atoms with Crippen molar-refractivity contribution in [1.82, 2.24) is 5.32 Å². The summed E-state index contributed by atoms with van der Waals surface area (Å²) in [6, 6.07) is 4.77. The van der Waals surface area contributed by atoms with Crippen LogP contribution in [0.3, 0.4) is 0 Å². The van der Waals surface area contributed by atoms with E-state index >= 15 is 0 Å². The van der Waals surface area contributed by atoms with E-state index in [4.69, 9.17) is 32.7 Å². The molecule has 7 heteroatoms. The second kappa shape index (κ2) is 7.31. The molecule has 2 N–H and O–H groups in total. The maximum Gasteiger partial charge on any atom is 0.258 e. The first kappa shape index (κ1) is 16.4. The Morgan fingerprint density at radius 1 is 1.38 bits per heavy atom. The van der Waals surface area contributed by atoms with Gasteiger partial charge in [0, 0.05) is 37.6 Å². The maximum absolute atomic E-state index is 11.7. The summed E-state index contributed by atoms with van der Waals surface area (Å²) < 4.78 is 10.5. The number of hydrogen-bond donors (Lipinski definition) is 2. The Morgan fingerprint density at radius 2 is 2.10 bits per heavy atom. The van der Waals surface area contributed by atoms with Gasteiger partial charge in [0.15, 0.2) is 6.61 Å². The van der Waals surface area contributed by atoms with Crippen molar-refractivity contribution in [3.05, 3.63) is 28.2 Å². The number of nitrogens with one attached hydrogen (secondary N) is 1. The third-order valence-electron chi connectivity index (χ3n) is 3.29. The summed E-state index contributed by atoms with van der Waals surface area (Å²) in [5.41, 5.74) is -0.897. The Bertz CT molecular complexity index is 504. The predicted molar refractivity (Wildman–Crippen MR) is 80.0 cm³/mol. The molecule has 1 aliphatic rings. The number of amides is 1. The van der Waals surface area contributed by atoms with Crippen molar-refractivity contribution < 1.29 is 19.4 Å². The van der Waals surface area contributed by atoms with Gasteiger partial charge in [-0.3, -0.25) is 4.79 Å². The summed E-state index contributed by atoms with van der Waals surface area (Å²) in [4.78, 5) is 11.7. The molecule has 0 saturated carbocycles. The minimum atomic E-state index is -0.897. The summed E-state index contributed by atoms with van der Waals surface area (Å²) in [6.07, 6.45) is 1.02. The lowest BCUT2D eigenvalue weighted by Crippen LogP contribution is -2.47. The average molecular weight is 334 g/mol. The largest absolute Gasteiger partial charge is 0.482 e. The van der Waals surface area contributed by atoms with Crippen molar-refractivity contribution in [2.24, 2.45) is 0 Å². The van der Waals surface area contributed by atoms with Crippen LogP contribution in [0.25, 0.3) is 0 Å². The Labute approximate surface area is 133 Å². The highest BCUT2D eigenvalue weighted by atomic mass is 35.5. The van der Waals surface area contributed by atoms with Crippen LogP contribution in [-0.2, 0) is 9.53 Å². The van der Waals surface area contributed by atoms with Crippen molar-refractivity contribution >= 4 is 29.1 Å². The van der Waals surface area contributed by atoms with Gasteiger partial charge in [-0.05, 0) is 18.2 Å². The van der Waals surface area contributed by atoms with E-state index in [1.54, 1.807) is 18.2 Å². The number of carbonyl (C=O) groups is 1. The van der Waals surface area contributed by atoms with Gasteiger partial charge >= 0.3 is 0 Å². The Hall–Kier alpha value is -1.01. The van der Waals surface area contributed by atoms with Crippen LogP contribution in [-0.4, -0.2) is 43.0 Å². The van der Waals surface area contributed by atoms with Crippen LogP contribution in [0.2, 0.25) is 10.0 Å². The summed E-state index contributed by atoms with van der Waals surface area (Å²) in [5, 5.41) is 13.7. The fraction of sp³-hybridized carbons (Fsp3) is 0.500. The van der Waals surface area contributed by atoms with E-state index in [0.29, 0.717) is 41.9 Å². The van der Waals surface area contributed by atoms with Gasteiger partial charge in [0.05, 0.1) is 10.6 Å². The van der Waals surface area contributed by atoms with E-state index in [9.17, 15) is 9.90 Å². The molecule has 2 rings (SSSR count). The zero-order valence-corrected chi connectivity index (χ0v) is 12.9. The Morgan fingerprint density at radius 3 is 2.76 bits per heavy atom. The standard InChI is InChI=1S/C14H17Cl2NO4/c15-10-1-2-12(11(16)7-10)21-8-13(18)17-9-14(19)3-5-20-6-4-14/h1-2,7,19H,3-6,8-9H2,(H,17,18). The molecule has 0 aromatic heterocycles. The lowest BCUT2D eigenvalue weighted by Gasteiger charge is -2.32. The van der Waals surface area contributed by atoms with Gasteiger partial charge in [-0.25, -0.2) is 0 Å². The van der Waals surface area contributed by atoms with E-state index in [0.717, 1.165) is 0 Å². The van der Waals surface area contributed by atoms with Gasteiger partial charge in [-0.2, -0.15) is 0 Å². The van der Waals surface area contributed by atoms with E-state index < -0.39 is 5.60 Å². The summed E-state index contributed by atoms with van der Waals surface area (Å²) in [7, 11) is 0. The quantitative estimate of drug-likeness (QED) is 0.865. The fourth-order valence-electron chi connectivity index (χ4n) is 1.98. The van der Waals surface area contributed by atoms with Crippen LogP contribution in [0, 0.1) is 0 Å². The number of carbonyl (C=O) groups excluding carboxylic acids is 1. The van der Waals surface area contributed by atoms with Gasteiger partial charge in [0.1, 0.15) is 5.75 Å². The van der Waals surface area contributed by atoms with Gasteiger partial charge in [0.2, 0.25) is 0 Å². The van der Waals surface area contributed by atoms with E-state index in [1.807, 2.05) is 0 Å². The molecule has 0 bridgehead atoms. The first-order valence-electron chi connectivity index (χ1n) is 6.63. The van der Waals surface area contributed by atoms with Crippen LogP contribution in [0.5, 0.6) is 5.75 Å². The molecule has 116 valence electrons. The number of ether oxygens (including phenoxy) is 2. The van der Waals surface area contributed by atoms with Gasteiger partial charge in [0.25, 0.3) is 5.91 Å². The third-order valence-corrected chi connectivity index (χ3v) is 3.82. The molecule has 1 amide bonds. The van der Waals surface area contributed by atoms with Gasteiger partial charge in [-0.15, -0.1) is 0 Å². The zero-order chi connectivity index (χ0) is 15.3. The van der Waals surface area contributed by atoms with Crippen LogP contribution >= 0.6 is 23.2 Å². The number of hydrogen-bond acceptors (Lipinski definition) is 4. The molecule has 21 heavy (non-hydrogen) atoms. The van der Waals surface area contributed by atoms with Gasteiger partial charge < -0.3 is 19.9 Å². The lowest BCUT2D eigenvalue weighted by molar-refractivity contribution is -0.125. The Balaban J connectivity index is 1.77. The van der Waals surface area contributed by atoms with Crippen molar-refractivity contribution in [1.29, 1.82) is 0 Å². The highest BCUT2D eigenvalue weighted by Crippen LogP contribution is 2.27. The second-order valence-electron chi connectivity index (χ2n) is 4.98. The van der Waals surface area contributed by atoms with E-state index in [-0.39, 0.29) is 19.1 Å². The minimum Gasteiger partial charge on any atom is -0.482 e. The number of benzene rings is 1. The SMILES string of the molecule is O=C(COc1ccc(Cl)cc1Cl)NCC1(O)CCOCC1. The molecule has 0 spiro atoms. The first-order valence-corrected chi connectivity index (χ1v) is 7.39. The molecule has 0 unspecified atom stereocenters. The van der Waals surface area contributed by atoms with Crippen molar-refractivity contribution in [2.75, 3.05) is 26.4 Å². The van der Waals surface area contributed by atoms with Crippen molar-refractivity contribution in [3.63, 3.8) is 0 Å². The zero-order valence-electron chi connectivity index (χ0n) is 11.4. The summed E-state index contributed by atoms with van der Waals surface area (Å²) in [6.45, 7) is 1.02. The number of aliphatic hydroxyl groups is 1. The van der Waals surface area contributed by atoms with Crippen molar-refractivity contribution in [3.8, 4) is 5.75 Å². The van der Waals surface area contributed by atoms with Crippen LogP contribution in [0.15, 0.2) is 18.2 Å². The third kappa shape index (κ3) is 5.04. The maximum atomic E-state index is 11.7. The van der Waals surface area contributed by atoms with E-state index in [1.165, 1.54) is 0 Å². The molecule has 0 aliphatic carbocycles. The fourth-order valence-corrected chi connectivity index (χ4v) is 2.44. The second-order valence-corrected chi connectivity index (χ2v) is 5.82. The molecule has 5 nitrogen and oxygen atoms in total. The molecule has 0 atom stereocenters. The first-order chi connectivity index (χ1) is 9.98. The normalized spacial score (nSPS) is 17.3. The van der Waals surface area contributed by atoms with Crippen LogP contribution in [0.1, 0.15) is 12.8 Å². The average Bonchev–Trinajstić information content (AvgIpc) is 2.45. The van der Waals surface area contributed by atoms with Crippen LogP contribution < -0.4 is 10.1 Å². The monoisotopic (exact) mass is 333 g/mol. The van der Waals surface area contributed by atoms with Crippen LogP contribution in [0.4, 0.5) is 0 Å². The number of rotatable bonds is 5. The molecule has 1 aliphatic heterocycles. The Kier molecular flexibility index (Phi) is 5.70. The highest BCUT2D eigenvalue weighted by molar-refractivity contribution is 6.35. The molecule has 1 heterocycles. The molecule has 1 saturated heterocycles. The van der Waals surface area contributed by atoms with Gasteiger partial charge in [-0.1, -0.05) is 23.2 Å².